The Morgan fingerprint density at radius 2 is 1.94 bits per heavy atom. The molecule has 92 valence electrons. The molecule has 3 heteroatoms. The van der Waals surface area contributed by atoms with Crippen molar-refractivity contribution in [1.29, 1.82) is 0 Å². The minimum Gasteiger partial charge on any atom is -0.348 e. The van der Waals surface area contributed by atoms with Gasteiger partial charge >= 0.3 is 0 Å². The molecule has 0 fully saturated rings. The van der Waals surface area contributed by atoms with Crippen molar-refractivity contribution < 1.29 is 9.18 Å². The van der Waals surface area contributed by atoms with E-state index >= 15 is 0 Å². The van der Waals surface area contributed by atoms with Crippen LogP contribution in [0.25, 0.3) is 0 Å². The Labute approximate surface area is 105 Å². The first kappa shape index (κ1) is 12.3. The first-order valence-electron chi connectivity index (χ1n) is 5.75. The molecule has 18 heavy (non-hydrogen) atoms. The van der Waals surface area contributed by atoms with Crippen molar-refractivity contribution in [1.82, 2.24) is 5.32 Å². The van der Waals surface area contributed by atoms with E-state index in [4.69, 9.17) is 0 Å². The molecule has 2 aromatic carbocycles. The largest absolute Gasteiger partial charge is 0.348 e. The van der Waals surface area contributed by atoms with E-state index in [9.17, 15) is 9.18 Å². The molecule has 0 saturated heterocycles. The van der Waals surface area contributed by atoms with Gasteiger partial charge in [-0.05, 0) is 36.2 Å². The number of carbonyl (C=O) groups is 1. The van der Waals surface area contributed by atoms with Crippen LogP contribution in [0.2, 0.25) is 0 Å². The molecule has 0 aliphatic carbocycles. The zero-order chi connectivity index (χ0) is 13.0. The molecule has 1 N–H and O–H groups in total. The standard InChI is InChI=1S/C15H14FNO/c1-11-5-2-3-6-13(11)10-17-15(18)12-7-4-8-14(16)9-12/h2-9H,10H2,1H3,(H,17,18). The maximum atomic E-state index is 13.0. The van der Waals surface area contributed by atoms with Gasteiger partial charge in [0.1, 0.15) is 5.82 Å². The molecule has 0 aromatic heterocycles. The van der Waals surface area contributed by atoms with Crippen LogP contribution in [-0.2, 0) is 6.54 Å². The van der Waals surface area contributed by atoms with Gasteiger partial charge in [0.05, 0.1) is 0 Å². The van der Waals surface area contributed by atoms with Gasteiger partial charge in [0.15, 0.2) is 0 Å². The maximum Gasteiger partial charge on any atom is 0.251 e. The normalized spacial score (nSPS) is 10.1. The highest BCUT2D eigenvalue weighted by atomic mass is 19.1. The average Bonchev–Trinajstić information content (AvgIpc) is 2.37. The minimum atomic E-state index is -0.404. The van der Waals surface area contributed by atoms with E-state index in [0.717, 1.165) is 11.1 Å². The topological polar surface area (TPSA) is 29.1 Å². The number of rotatable bonds is 3. The minimum absolute atomic E-state index is 0.266. The van der Waals surface area contributed by atoms with Gasteiger partial charge in [-0.1, -0.05) is 30.3 Å². The van der Waals surface area contributed by atoms with Crippen molar-refractivity contribution in [2.24, 2.45) is 0 Å². The van der Waals surface area contributed by atoms with E-state index in [2.05, 4.69) is 5.32 Å². The molecule has 0 aliphatic heterocycles. The molecule has 0 saturated carbocycles. The van der Waals surface area contributed by atoms with Gasteiger partial charge in [0.2, 0.25) is 0 Å². The van der Waals surface area contributed by atoms with E-state index < -0.39 is 5.82 Å². The highest BCUT2D eigenvalue weighted by molar-refractivity contribution is 5.94. The SMILES string of the molecule is Cc1ccccc1CNC(=O)c1cccc(F)c1. The summed E-state index contributed by atoms with van der Waals surface area (Å²) in [5.41, 5.74) is 2.52. The van der Waals surface area contributed by atoms with Crippen molar-refractivity contribution in [3.8, 4) is 0 Å². The molecule has 0 radical (unpaired) electrons. The van der Waals surface area contributed by atoms with Gasteiger partial charge in [-0.15, -0.1) is 0 Å². The van der Waals surface area contributed by atoms with E-state index in [1.165, 1.54) is 18.2 Å². The summed E-state index contributed by atoms with van der Waals surface area (Å²) in [6, 6.07) is 13.5. The fourth-order valence-corrected chi connectivity index (χ4v) is 1.72. The highest BCUT2D eigenvalue weighted by Gasteiger charge is 2.06. The first-order valence-corrected chi connectivity index (χ1v) is 5.75. The fourth-order valence-electron chi connectivity index (χ4n) is 1.72. The zero-order valence-electron chi connectivity index (χ0n) is 10.1. The van der Waals surface area contributed by atoms with Crippen molar-refractivity contribution in [2.75, 3.05) is 0 Å². The Morgan fingerprint density at radius 3 is 2.67 bits per heavy atom. The average molecular weight is 243 g/mol. The number of hydrogen-bond donors (Lipinski definition) is 1. The molecule has 1 amide bonds. The molecule has 2 rings (SSSR count). The Morgan fingerprint density at radius 1 is 1.17 bits per heavy atom. The van der Waals surface area contributed by atoms with E-state index in [0.29, 0.717) is 12.1 Å². The van der Waals surface area contributed by atoms with E-state index in [1.807, 2.05) is 31.2 Å². The van der Waals surface area contributed by atoms with Gasteiger partial charge in [-0.3, -0.25) is 4.79 Å². The van der Waals surface area contributed by atoms with Crippen molar-refractivity contribution in [3.05, 3.63) is 71.0 Å². The molecule has 0 aliphatic rings. The molecule has 0 atom stereocenters. The fraction of sp³-hybridized carbons (Fsp3) is 0.133. The van der Waals surface area contributed by atoms with Crippen LogP contribution in [0.5, 0.6) is 0 Å². The Bertz CT molecular complexity index is 566. The van der Waals surface area contributed by atoms with Crippen LogP contribution >= 0.6 is 0 Å². The van der Waals surface area contributed by atoms with Crippen LogP contribution in [0.4, 0.5) is 4.39 Å². The summed E-state index contributed by atoms with van der Waals surface area (Å²) >= 11 is 0. The number of benzene rings is 2. The lowest BCUT2D eigenvalue weighted by Gasteiger charge is -2.07. The summed E-state index contributed by atoms with van der Waals surface area (Å²) in [5, 5.41) is 2.78. The lowest BCUT2D eigenvalue weighted by Crippen LogP contribution is -2.23. The molecular weight excluding hydrogens is 229 g/mol. The number of nitrogens with one attached hydrogen (secondary N) is 1. The van der Waals surface area contributed by atoms with E-state index in [-0.39, 0.29) is 5.91 Å². The summed E-state index contributed by atoms with van der Waals surface area (Å²) in [6.45, 7) is 2.44. The van der Waals surface area contributed by atoms with Crippen LogP contribution < -0.4 is 5.32 Å². The third-order valence-electron chi connectivity index (χ3n) is 2.79. The Balaban J connectivity index is 2.03. The summed E-state index contributed by atoms with van der Waals surface area (Å²) in [5.74, 6) is -0.670. The predicted octanol–water partition coefficient (Wildman–Crippen LogP) is 3.06. The van der Waals surface area contributed by atoms with Crippen molar-refractivity contribution in [2.45, 2.75) is 13.5 Å². The van der Waals surface area contributed by atoms with Crippen LogP contribution in [0.15, 0.2) is 48.5 Å². The van der Waals surface area contributed by atoms with Gasteiger partial charge in [0, 0.05) is 12.1 Å². The van der Waals surface area contributed by atoms with Gasteiger partial charge < -0.3 is 5.32 Å². The second-order valence-electron chi connectivity index (χ2n) is 4.12. The third-order valence-corrected chi connectivity index (χ3v) is 2.79. The smallest absolute Gasteiger partial charge is 0.251 e. The highest BCUT2D eigenvalue weighted by Crippen LogP contribution is 2.07. The number of aryl methyl sites for hydroxylation is 1. The molecule has 0 heterocycles. The second kappa shape index (κ2) is 5.45. The second-order valence-corrected chi connectivity index (χ2v) is 4.12. The first-order chi connectivity index (χ1) is 8.66. The van der Waals surface area contributed by atoms with Crippen LogP contribution in [0.1, 0.15) is 21.5 Å². The van der Waals surface area contributed by atoms with Gasteiger partial charge in [-0.2, -0.15) is 0 Å². The Hall–Kier alpha value is -2.16. The van der Waals surface area contributed by atoms with E-state index in [1.54, 1.807) is 6.07 Å². The molecule has 0 bridgehead atoms. The summed E-state index contributed by atoms with van der Waals surface area (Å²) in [4.78, 5) is 11.8. The zero-order valence-corrected chi connectivity index (χ0v) is 10.1. The number of carbonyl (C=O) groups excluding carboxylic acids is 1. The van der Waals surface area contributed by atoms with Crippen LogP contribution in [-0.4, -0.2) is 5.91 Å². The van der Waals surface area contributed by atoms with Gasteiger partial charge in [0.25, 0.3) is 5.91 Å². The molecule has 2 aromatic rings. The van der Waals surface area contributed by atoms with Crippen LogP contribution in [0, 0.1) is 12.7 Å². The number of amides is 1. The quantitative estimate of drug-likeness (QED) is 0.882. The summed E-state index contributed by atoms with van der Waals surface area (Å²) in [6.07, 6.45) is 0. The van der Waals surface area contributed by atoms with Crippen molar-refractivity contribution >= 4 is 5.91 Å². The monoisotopic (exact) mass is 243 g/mol. The van der Waals surface area contributed by atoms with Gasteiger partial charge in [-0.25, -0.2) is 4.39 Å². The maximum absolute atomic E-state index is 13.0. The van der Waals surface area contributed by atoms with Crippen molar-refractivity contribution in [3.63, 3.8) is 0 Å². The number of hydrogen-bond acceptors (Lipinski definition) is 1. The third kappa shape index (κ3) is 2.94. The Kier molecular flexibility index (Phi) is 3.72. The lowest BCUT2D eigenvalue weighted by atomic mass is 10.1. The molecule has 0 spiro atoms. The predicted molar refractivity (Wildman–Crippen MR) is 68.7 cm³/mol. The number of halogens is 1. The molecule has 2 nitrogen and oxygen atoms in total. The molecular formula is C15H14FNO. The summed E-state index contributed by atoms with van der Waals surface area (Å²) in [7, 11) is 0. The lowest BCUT2D eigenvalue weighted by molar-refractivity contribution is 0.0950. The molecule has 0 unspecified atom stereocenters. The summed E-state index contributed by atoms with van der Waals surface area (Å²) < 4.78 is 13.0. The van der Waals surface area contributed by atoms with Crippen LogP contribution in [0.3, 0.4) is 0 Å².